The largest absolute Gasteiger partial charge is 0.317 e. The van der Waals surface area contributed by atoms with Crippen LogP contribution >= 0.6 is 23.7 Å². The lowest BCUT2D eigenvalue weighted by molar-refractivity contribution is -0.116. The van der Waals surface area contributed by atoms with Gasteiger partial charge in [0.25, 0.3) is 0 Å². The molecule has 26 heavy (non-hydrogen) atoms. The van der Waals surface area contributed by atoms with Crippen LogP contribution in [0.4, 0.5) is 9.52 Å². The molecule has 1 aliphatic rings. The summed E-state index contributed by atoms with van der Waals surface area (Å²) >= 11 is 1.50. The lowest BCUT2D eigenvalue weighted by Crippen LogP contribution is -2.28. The van der Waals surface area contributed by atoms with E-state index in [-0.39, 0.29) is 24.1 Å². The van der Waals surface area contributed by atoms with Crippen molar-refractivity contribution in [1.29, 1.82) is 0 Å². The van der Waals surface area contributed by atoms with E-state index in [2.05, 4.69) is 15.6 Å². The Hall–Kier alpha value is -1.50. The number of hydrogen-bond donors (Lipinski definition) is 2. The SMILES string of the molecule is Cc1nc(NC(=O)CCC2CCNCC2)sc1Cc1ccc(F)cc1.Cl. The van der Waals surface area contributed by atoms with Crippen molar-refractivity contribution >= 4 is 34.8 Å². The molecule has 0 aliphatic carbocycles. The van der Waals surface area contributed by atoms with Gasteiger partial charge in [0.05, 0.1) is 5.69 Å². The van der Waals surface area contributed by atoms with E-state index in [4.69, 9.17) is 0 Å². The van der Waals surface area contributed by atoms with Crippen LogP contribution in [0.3, 0.4) is 0 Å². The predicted molar refractivity (Wildman–Crippen MR) is 107 cm³/mol. The van der Waals surface area contributed by atoms with Gasteiger partial charge in [-0.25, -0.2) is 9.37 Å². The van der Waals surface area contributed by atoms with Crippen molar-refractivity contribution in [2.45, 2.75) is 39.0 Å². The van der Waals surface area contributed by atoms with Crippen LogP contribution < -0.4 is 10.6 Å². The second kappa shape index (κ2) is 10.00. The van der Waals surface area contributed by atoms with E-state index in [1.807, 2.05) is 6.92 Å². The third-order valence-corrected chi connectivity index (χ3v) is 5.73. The number of carbonyl (C=O) groups is 1. The van der Waals surface area contributed by atoms with Gasteiger partial charge in [0, 0.05) is 17.7 Å². The number of anilines is 1. The average molecular weight is 398 g/mol. The molecule has 7 heteroatoms. The Morgan fingerprint density at radius 3 is 2.69 bits per heavy atom. The van der Waals surface area contributed by atoms with E-state index in [1.165, 1.54) is 23.5 Å². The molecule has 0 unspecified atom stereocenters. The van der Waals surface area contributed by atoms with Gasteiger partial charge in [-0.05, 0) is 62.9 Å². The molecule has 1 saturated heterocycles. The first-order valence-electron chi connectivity index (χ1n) is 8.81. The zero-order valence-corrected chi connectivity index (χ0v) is 16.5. The molecule has 0 saturated carbocycles. The monoisotopic (exact) mass is 397 g/mol. The highest BCUT2D eigenvalue weighted by Crippen LogP contribution is 2.26. The number of hydrogen-bond acceptors (Lipinski definition) is 4. The maximum Gasteiger partial charge on any atom is 0.226 e. The standard InChI is InChI=1S/C19H24FN3OS.ClH/c1-13-17(12-15-2-5-16(20)6-3-15)25-19(22-13)23-18(24)7-4-14-8-10-21-11-9-14;/h2-3,5-6,14,21H,4,7-12H2,1H3,(H,22,23,24);1H. The Balaban J connectivity index is 0.00000243. The molecular weight excluding hydrogens is 373 g/mol. The Morgan fingerprint density at radius 1 is 1.31 bits per heavy atom. The Morgan fingerprint density at radius 2 is 2.00 bits per heavy atom. The number of nitrogens with zero attached hydrogens (tertiary/aromatic N) is 1. The quantitative estimate of drug-likeness (QED) is 0.763. The lowest BCUT2D eigenvalue weighted by atomic mass is 9.93. The summed E-state index contributed by atoms with van der Waals surface area (Å²) in [6, 6.07) is 6.50. The number of halogens is 2. The number of rotatable bonds is 6. The zero-order valence-electron chi connectivity index (χ0n) is 14.9. The first-order valence-corrected chi connectivity index (χ1v) is 9.63. The van der Waals surface area contributed by atoms with E-state index in [1.54, 1.807) is 12.1 Å². The highest BCUT2D eigenvalue weighted by atomic mass is 35.5. The Labute approximate surface area is 164 Å². The number of thiazole rings is 1. The minimum Gasteiger partial charge on any atom is -0.317 e. The minimum atomic E-state index is -0.230. The third-order valence-electron chi connectivity index (χ3n) is 4.66. The molecule has 0 bridgehead atoms. The Bertz CT molecular complexity index is 714. The number of aromatic nitrogens is 1. The molecule has 4 nitrogen and oxygen atoms in total. The summed E-state index contributed by atoms with van der Waals surface area (Å²) in [5.74, 6) is 0.464. The van der Waals surface area contributed by atoms with Crippen molar-refractivity contribution in [3.63, 3.8) is 0 Å². The molecule has 0 spiro atoms. The fourth-order valence-electron chi connectivity index (χ4n) is 3.12. The zero-order chi connectivity index (χ0) is 17.6. The van der Waals surface area contributed by atoms with Crippen molar-refractivity contribution in [2.75, 3.05) is 18.4 Å². The van der Waals surface area contributed by atoms with Gasteiger partial charge in [-0.2, -0.15) is 0 Å². The smallest absolute Gasteiger partial charge is 0.226 e. The normalized spacial score (nSPS) is 14.7. The van der Waals surface area contributed by atoms with Gasteiger partial charge in [-0.3, -0.25) is 4.79 Å². The van der Waals surface area contributed by atoms with Crippen molar-refractivity contribution in [3.8, 4) is 0 Å². The molecule has 142 valence electrons. The van der Waals surface area contributed by atoms with Crippen LogP contribution in [0, 0.1) is 18.7 Å². The van der Waals surface area contributed by atoms with Gasteiger partial charge < -0.3 is 10.6 Å². The topological polar surface area (TPSA) is 54.0 Å². The summed E-state index contributed by atoms with van der Waals surface area (Å²) in [5, 5.41) is 6.93. The summed E-state index contributed by atoms with van der Waals surface area (Å²) in [5.41, 5.74) is 1.96. The number of carbonyl (C=O) groups excluding carboxylic acids is 1. The van der Waals surface area contributed by atoms with Crippen molar-refractivity contribution in [2.24, 2.45) is 5.92 Å². The van der Waals surface area contributed by atoms with Crippen molar-refractivity contribution in [1.82, 2.24) is 10.3 Å². The molecule has 2 N–H and O–H groups in total. The number of benzene rings is 1. The summed E-state index contributed by atoms with van der Waals surface area (Å²) in [7, 11) is 0. The van der Waals surface area contributed by atoms with E-state index < -0.39 is 0 Å². The number of nitrogens with one attached hydrogen (secondary N) is 2. The average Bonchev–Trinajstić information content (AvgIpc) is 2.95. The van der Waals surface area contributed by atoms with Gasteiger partial charge in [0.2, 0.25) is 5.91 Å². The lowest BCUT2D eigenvalue weighted by Gasteiger charge is -2.21. The van der Waals surface area contributed by atoms with E-state index in [0.717, 1.165) is 48.5 Å². The maximum absolute atomic E-state index is 13.0. The van der Waals surface area contributed by atoms with Gasteiger partial charge in [-0.1, -0.05) is 12.1 Å². The van der Waals surface area contributed by atoms with Crippen LogP contribution in [0.2, 0.25) is 0 Å². The first-order chi connectivity index (χ1) is 12.1. The first kappa shape index (κ1) is 20.8. The molecule has 2 heterocycles. The van der Waals surface area contributed by atoms with Gasteiger partial charge >= 0.3 is 0 Å². The number of amides is 1. The second-order valence-corrected chi connectivity index (χ2v) is 7.69. The molecule has 1 aromatic heterocycles. The molecule has 1 aliphatic heterocycles. The van der Waals surface area contributed by atoms with Crippen LogP contribution in [0.25, 0.3) is 0 Å². The molecular formula is C19H25ClFN3OS. The molecule has 0 radical (unpaired) electrons. The van der Waals surface area contributed by atoms with Gasteiger partial charge in [0.1, 0.15) is 5.82 Å². The van der Waals surface area contributed by atoms with E-state index in [0.29, 0.717) is 23.9 Å². The van der Waals surface area contributed by atoms with E-state index >= 15 is 0 Å². The second-order valence-electron chi connectivity index (χ2n) is 6.61. The van der Waals surface area contributed by atoms with E-state index in [9.17, 15) is 9.18 Å². The number of aryl methyl sites for hydroxylation is 1. The van der Waals surface area contributed by atoms with Crippen molar-refractivity contribution < 1.29 is 9.18 Å². The van der Waals surface area contributed by atoms with Crippen LogP contribution in [0.1, 0.15) is 41.8 Å². The maximum atomic E-state index is 13.0. The van der Waals surface area contributed by atoms with Crippen LogP contribution in [-0.2, 0) is 11.2 Å². The highest BCUT2D eigenvalue weighted by Gasteiger charge is 2.16. The fraction of sp³-hybridized carbons (Fsp3) is 0.474. The molecule has 1 fully saturated rings. The van der Waals surface area contributed by atoms with Gasteiger partial charge in [0.15, 0.2) is 5.13 Å². The third kappa shape index (κ3) is 6.04. The van der Waals surface area contributed by atoms with Crippen molar-refractivity contribution in [3.05, 3.63) is 46.2 Å². The summed E-state index contributed by atoms with van der Waals surface area (Å²) in [4.78, 5) is 17.7. The van der Waals surface area contributed by atoms with Crippen LogP contribution in [-0.4, -0.2) is 24.0 Å². The molecule has 1 amide bonds. The summed E-state index contributed by atoms with van der Waals surface area (Å²) < 4.78 is 13.0. The predicted octanol–water partition coefficient (Wildman–Crippen LogP) is 4.32. The molecule has 0 atom stereocenters. The van der Waals surface area contributed by atoms with Crippen LogP contribution in [0.5, 0.6) is 0 Å². The molecule has 3 rings (SSSR count). The molecule has 1 aromatic carbocycles. The Kier molecular flexibility index (Phi) is 8.00. The highest BCUT2D eigenvalue weighted by molar-refractivity contribution is 7.15. The minimum absolute atomic E-state index is 0. The number of piperidine rings is 1. The van der Waals surface area contributed by atoms with Gasteiger partial charge in [-0.15, -0.1) is 23.7 Å². The summed E-state index contributed by atoms with van der Waals surface area (Å²) in [6.07, 6.45) is 4.52. The molecule has 2 aromatic rings. The van der Waals surface area contributed by atoms with Crippen LogP contribution in [0.15, 0.2) is 24.3 Å². The summed E-state index contributed by atoms with van der Waals surface area (Å²) in [6.45, 7) is 4.06. The fourth-order valence-corrected chi connectivity index (χ4v) is 4.13.